The zero-order valence-electron chi connectivity index (χ0n) is 6.10. The van der Waals surface area contributed by atoms with Crippen molar-refractivity contribution in [1.29, 1.82) is 0 Å². The van der Waals surface area contributed by atoms with Gasteiger partial charge in [-0.05, 0) is 12.8 Å². The maximum Gasteiger partial charge on any atom is 0.150 e. The van der Waals surface area contributed by atoms with Gasteiger partial charge in [-0.2, -0.15) is 0 Å². The van der Waals surface area contributed by atoms with E-state index in [0.717, 1.165) is 0 Å². The molecule has 1 N–H and O–H groups in total. The van der Waals surface area contributed by atoms with Gasteiger partial charge in [-0.1, -0.05) is 20.7 Å². The summed E-state index contributed by atoms with van der Waals surface area (Å²) in [7, 11) is 1.82. The summed E-state index contributed by atoms with van der Waals surface area (Å²) in [6.07, 6.45) is 0. The standard InChI is InChI=1S/C6H14BO/c1-5(2)6(3,8)7-4/h5,8H,1-4H3. The second kappa shape index (κ2) is 2.54. The molecule has 0 aliphatic rings. The van der Waals surface area contributed by atoms with E-state index in [1.54, 1.807) is 0 Å². The molecule has 0 heterocycles. The van der Waals surface area contributed by atoms with Crippen molar-refractivity contribution in [3.63, 3.8) is 0 Å². The predicted octanol–water partition coefficient (Wildman–Crippen LogP) is 1.10. The first-order chi connectivity index (χ1) is 3.50. The highest BCUT2D eigenvalue weighted by atomic mass is 16.3. The average Bonchev–Trinajstić information content (AvgIpc) is 1.67. The van der Waals surface area contributed by atoms with E-state index in [0.29, 0.717) is 5.92 Å². The van der Waals surface area contributed by atoms with Gasteiger partial charge in [-0.15, -0.1) is 0 Å². The molecule has 0 aromatic heterocycles. The van der Waals surface area contributed by atoms with Gasteiger partial charge in [0.25, 0.3) is 0 Å². The van der Waals surface area contributed by atoms with E-state index in [1.165, 1.54) is 0 Å². The Labute approximate surface area is 52.3 Å². The summed E-state index contributed by atoms with van der Waals surface area (Å²) >= 11 is 0. The van der Waals surface area contributed by atoms with Crippen LogP contribution in [0.5, 0.6) is 0 Å². The molecule has 0 amide bonds. The van der Waals surface area contributed by atoms with Crippen LogP contribution in [0.15, 0.2) is 0 Å². The molecule has 0 aliphatic carbocycles. The molecule has 0 aromatic carbocycles. The van der Waals surface area contributed by atoms with Crippen molar-refractivity contribution in [2.45, 2.75) is 33.1 Å². The molecule has 0 spiro atoms. The van der Waals surface area contributed by atoms with Crippen LogP contribution in [-0.4, -0.2) is 17.9 Å². The molecule has 8 heavy (non-hydrogen) atoms. The molecular formula is C6H14BO. The Morgan fingerprint density at radius 1 is 1.50 bits per heavy atom. The number of aliphatic hydroxyl groups is 1. The van der Waals surface area contributed by atoms with Gasteiger partial charge in [0.15, 0.2) is 0 Å². The van der Waals surface area contributed by atoms with E-state index >= 15 is 0 Å². The third-order valence-corrected chi connectivity index (χ3v) is 1.75. The summed E-state index contributed by atoms with van der Waals surface area (Å²) in [5.41, 5.74) is -0.583. The van der Waals surface area contributed by atoms with Crippen LogP contribution in [0.1, 0.15) is 20.8 Å². The van der Waals surface area contributed by atoms with Crippen molar-refractivity contribution in [1.82, 2.24) is 0 Å². The smallest absolute Gasteiger partial charge is 0.150 e. The van der Waals surface area contributed by atoms with E-state index in [9.17, 15) is 5.11 Å². The highest BCUT2D eigenvalue weighted by molar-refractivity contribution is 6.37. The van der Waals surface area contributed by atoms with Crippen LogP contribution >= 0.6 is 0 Å². The Balaban J connectivity index is 3.71. The summed E-state index contributed by atoms with van der Waals surface area (Å²) < 4.78 is 0. The largest absolute Gasteiger partial charge is 0.399 e. The monoisotopic (exact) mass is 113 g/mol. The van der Waals surface area contributed by atoms with Crippen molar-refractivity contribution >= 4 is 7.28 Å². The Morgan fingerprint density at radius 3 is 1.88 bits per heavy atom. The summed E-state index contributed by atoms with van der Waals surface area (Å²) in [6.45, 7) is 7.69. The second-order valence-corrected chi connectivity index (χ2v) is 2.67. The van der Waals surface area contributed by atoms with Crippen LogP contribution in [0.25, 0.3) is 0 Å². The van der Waals surface area contributed by atoms with Gasteiger partial charge in [0.2, 0.25) is 0 Å². The first-order valence-corrected chi connectivity index (χ1v) is 3.03. The molecule has 1 atom stereocenters. The molecule has 0 fully saturated rings. The highest BCUT2D eigenvalue weighted by Crippen LogP contribution is 2.13. The van der Waals surface area contributed by atoms with Crippen LogP contribution in [0.2, 0.25) is 6.82 Å². The van der Waals surface area contributed by atoms with E-state index in [2.05, 4.69) is 0 Å². The van der Waals surface area contributed by atoms with Crippen LogP contribution < -0.4 is 0 Å². The Hall–Kier alpha value is 0.0249. The molecule has 0 bridgehead atoms. The molecule has 1 nitrogen and oxygen atoms in total. The second-order valence-electron chi connectivity index (χ2n) is 2.67. The lowest BCUT2D eigenvalue weighted by molar-refractivity contribution is 0.0947. The Bertz CT molecular complexity index is 68.9. The third-order valence-electron chi connectivity index (χ3n) is 1.75. The topological polar surface area (TPSA) is 20.2 Å². The van der Waals surface area contributed by atoms with E-state index in [-0.39, 0.29) is 0 Å². The highest BCUT2D eigenvalue weighted by Gasteiger charge is 2.21. The van der Waals surface area contributed by atoms with Crippen molar-refractivity contribution < 1.29 is 5.11 Å². The first-order valence-electron chi connectivity index (χ1n) is 3.03. The Morgan fingerprint density at radius 2 is 1.88 bits per heavy atom. The van der Waals surface area contributed by atoms with Gasteiger partial charge in [0.1, 0.15) is 7.28 Å². The molecule has 1 unspecified atom stereocenters. The van der Waals surface area contributed by atoms with Crippen molar-refractivity contribution in [2.75, 3.05) is 0 Å². The molecule has 0 saturated carbocycles. The molecular weight excluding hydrogens is 98.9 g/mol. The normalized spacial score (nSPS) is 18.2. The lowest BCUT2D eigenvalue weighted by Gasteiger charge is -2.25. The van der Waals surface area contributed by atoms with Crippen molar-refractivity contribution in [3.8, 4) is 0 Å². The fourth-order valence-corrected chi connectivity index (χ4v) is 0.333. The summed E-state index contributed by atoms with van der Waals surface area (Å²) in [5, 5.41) is 9.34. The third kappa shape index (κ3) is 1.87. The molecule has 0 saturated heterocycles. The molecule has 0 rings (SSSR count). The minimum atomic E-state index is -0.583. The minimum absolute atomic E-state index is 0.312. The van der Waals surface area contributed by atoms with Crippen LogP contribution in [0.3, 0.4) is 0 Å². The zero-order chi connectivity index (χ0) is 6.78. The molecule has 0 aromatic rings. The van der Waals surface area contributed by atoms with Crippen LogP contribution in [0.4, 0.5) is 0 Å². The number of hydrogen-bond donors (Lipinski definition) is 1. The molecule has 2 heteroatoms. The first kappa shape index (κ1) is 8.02. The summed E-state index contributed by atoms with van der Waals surface area (Å²) in [6, 6.07) is 0. The van der Waals surface area contributed by atoms with Crippen LogP contribution in [0, 0.1) is 5.92 Å². The lowest BCUT2D eigenvalue weighted by Crippen LogP contribution is -2.36. The fraction of sp³-hybridized carbons (Fsp3) is 1.00. The predicted molar refractivity (Wildman–Crippen MR) is 37.1 cm³/mol. The molecule has 1 radical (unpaired) electrons. The maximum absolute atomic E-state index is 9.34. The number of hydrogen-bond acceptors (Lipinski definition) is 1. The van der Waals surface area contributed by atoms with Gasteiger partial charge in [0, 0.05) is 5.50 Å². The van der Waals surface area contributed by atoms with E-state index in [4.69, 9.17) is 0 Å². The molecule has 47 valence electrons. The van der Waals surface area contributed by atoms with Crippen molar-refractivity contribution in [2.24, 2.45) is 5.92 Å². The van der Waals surface area contributed by atoms with Gasteiger partial charge in [-0.25, -0.2) is 0 Å². The van der Waals surface area contributed by atoms with Gasteiger partial charge in [-0.3, -0.25) is 0 Å². The van der Waals surface area contributed by atoms with E-state index in [1.807, 2.05) is 34.9 Å². The maximum atomic E-state index is 9.34. The summed E-state index contributed by atoms with van der Waals surface area (Å²) in [4.78, 5) is 0. The fourth-order valence-electron chi connectivity index (χ4n) is 0.333. The van der Waals surface area contributed by atoms with Crippen molar-refractivity contribution in [3.05, 3.63) is 0 Å². The Kier molecular flexibility index (Phi) is 2.55. The minimum Gasteiger partial charge on any atom is -0.399 e. The van der Waals surface area contributed by atoms with E-state index < -0.39 is 5.50 Å². The van der Waals surface area contributed by atoms with Gasteiger partial charge >= 0.3 is 0 Å². The SMILES string of the molecule is C[B]C(C)(O)C(C)C. The lowest BCUT2D eigenvalue weighted by atomic mass is 9.59. The van der Waals surface area contributed by atoms with Crippen LogP contribution in [-0.2, 0) is 0 Å². The zero-order valence-corrected chi connectivity index (χ0v) is 6.10. The molecule has 0 aliphatic heterocycles. The average molecular weight is 113 g/mol. The summed E-state index contributed by atoms with van der Waals surface area (Å²) in [5.74, 6) is 0.312. The quantitative estimate of drug-likeness (QED) is 0.531. The number of rotatable bonds is 2. The van der Waals surface area contributed by atoms with Gasteiger partial charge in [0.05, 0.1) is 0 Å². The van der Waals surface area contributed by atoms with Gasteiger partial charge < -0.3 is 5.11 Å².